The lowest BCUT2D eigenvalue weighted by Gasteiger charge is -2.33. The van der Waals surface area contributed by atoms with E-state index in [0.29, 0.717) is 18.3 Å². The lowest BCUT2D eigenvalue weighted by atomic mass is 9.97. The number of nitrogen functional groups attached to an aromatic ring is 1. The highest BCUT2D eigenvalue weighted by molar-refractivity contribution is 5.65. The van der Waals surface area contributed by atoms with E-state index in [1.165, 1.54) is 6.07 Å². The van der Waals surface area contributed by atoms with Crippen LogP contribution in [0.4, 0.5) is 15.9 Å². The molecule has 1 fully saturated rings. The van der Waals surface area contributed by atoms with Crippen molar-refractivity contribution >= 4 is 11.5 Å². The summed E-state index contributed by atoms with van der Waals surface area (Å²) in [5, 5.41) is 0. The Morgan fingerprint density at radius 1 is 1.23 bits per heavy atom. The zero-order valence-electron chi connectivity index (χ0n) is 12.8. The molecule has 3 rings (SSSR count). The summed E-state index contributed by atoms with van der Waals surface area (Å²) < 4.78 is 21.1. The lowest BCUT2D eigenvalue weighted by Crippen LogP contribution is -2.35. The van der Waals surface area contributed by atoms with Gasteiger partial charge in [-0.1, -0.05) is 12.1 Å². The molecule has 22 heavy (non-hydrogen) atoms. The second kappa shape index (κ2) is 6.30. The molecule has 0 atom stereocenters. The molecule has 1 aliphatic heterocycles. The van der Waals surface area contributed by atoms with Crippen molar-refractivity contribution in [3.8, 4) is 5.75 Å². The summed E-state index contributed by atoms with van der Waals surface area (Å²) in [6.45, 7) is 2.48. The number of hydrogen-bond acceptors (Lipinski definition) is 3. The van der Waals surface area contributed by atoms with E-state index in [-0.39, 0.29) is 5.82 Å². The highest BCUT2D eigenvalue weighted by atomic mass is 19.1. The highest BCUT2D eigenvalue weighted by Crippen LogP contribution is 2.29. The third kappa shape index (κ3) is 3.03. The topological polar surface area (TPSA) is 43.4 Å². The fraction of sp³-hybridized carbons (Fsp3) is 0.412. The van der Waals surface area contributed by atoms with Crippen LogP contribution in [0.25, 0.3) is 0 Å². The number of aryl methyl sites for hydroxylation is 1. The first-order chi connectivity index (χ1) is 10.6. The number of benzene rings is 1. The van der Waals surface area contributed by atoms with E-state index in [2.05, 4.69) is 11.0 Å². The number of nitrogens with zero attached hydrogens (tertiary/aromatic N) is 2. The minimum absolute atomic E-state index is 0.294. The molecule has 1 aliphatic rings. The van der Waals surface area contributed by atoms with Crippen molar-refractivity contribution in [1.29, 1.82) is 0 Å². The van der Waals surface area contributed by atoms with E-state index in [9.17, 15) is 4.39 Å². The molecule has 2 heterocycles. The standard InChI is InChI=1S/C17H22FN3O/c1-20-9-8-15(17(20)19)21-10-6-13(7-11-21)12-22-16-5-3-2-4-14(16)18/h2-5,8-9,13H,6-7,10-12,19H2,1H3. The third-order valence-electron chi connectivity index (χ3n) is 4.36. The Bertz CT molecular complexity index is 633. The summed E-state index contributed by atoms with van der Waals surface area (Å²) in [5.41, 5.74) is 7.18. The van der Waals surface area contributed by atoms with Gasteiger partial charge in [0.1, 0.15) is 5.82 Å². The first-order valence-corrected chi connectivity index (χ1v) is 7.68. The number of rotatable bonds is 4. The third-order valence-corrected chi connectivity index (χ3v) is 4.36. The van der Waals surface area contributed by atoms with Crippen LogP contribution in [0.15, 0.2) is 36.5 Å². The molecule has 0 saturated carbocycles. The Kier molecular flexibility index (Phi) is 4.22. The summed E-state index contributed by atoms with van der Waals surface area (Å²) in [7, 11) is 1.95. The van der Waals surface area contributed by atoms with E-state index in [0.717, 1.165) is 37.4 Å². The van der Waals surface area contributed by atoms with Crippen LogP contribution in [0.1, 0.15) is 12.8 Å². The molecule has 1 saturated heterocycles. The normalized spacial score (nSPS) is 16.0. The summed E-state index contributed by atoms with van der Waals surface area (Å²) in [4.78, 5) is 2.31. The Balaban J connectivity index is 1.52. The maximum absolute atomic E-state index is 13.5. The molecule has 0 unspecified atom stereocenters. The predicted molar refractivity (Wildman–Crippen MR) is 86.7 cm³/mol. The largest absolute Gasteiger partial charge is 0.490 e. The molecule has 1 aromatic heterocycles. The molecular formula is C17H22FN3O. The zero-order chi connectivity index (χ0) is 15.5. The van der Waals surface area contributed by atoms with Crippen LogP contribution in [0.3, 0.4) is 0 Å². The van der Waals surface area contributed by atoms with Crippen LogP contribution >= 0.6 is 0 Å². The van der Waals surface area contributed by atoms with Crippen molar-refractivity contribution in [2.45, 2.75) is 12.8 Å². The van der Waals surface area contributed by atoms with Crippen LogP contribution in [-0.4, -0.2) is 24.3 Å². The van der Waals surface area contributed by atoms with E-state index < -0.39 is 0 Å². The average molecular weight is 303 g/mol. The molecule has 2 N–H and O–H groups in total. The summed E-state index contributed by atoms with van der Waals surface area (Å²) in [6.07, 6.45) is 4.05. The molecule has 0 bridgehead atoms. The molecule has 1 aromatic carbocycles. The second-order valence-electron chi connectivity index (χ2n) is 5.87. The number of piperidine rings is 1. The number of hydrogen-bond donors (Lipinski definition) is 1. The van der Waals surface area contributed by atoms with E-state index in [1.807, 2.05) is 17.8 Å². The molecular weight excluding hydrogens is 281 g/mol. The van der Waals surface area contributed by atoms with Gasteiger partial charge in [-0.3, -0.25) is 0 Å². The predicted octanol–water partition coefficient (Wildman–Crippen LogP) is 3.04. The van der Waals surface area contributed by atoms with Gasteiger partial charge in [-0.2, -0.15) is 0 Å². The van der Waals surface area contributed by atoms with Crippen LogP contribution in [0.2, 0.25) is 0 Å². The number of anilines is 2. The van der Waals surface area contributed by atoms with Crippen molar-refractivity contribution in [1.82, 2.24) is 4.57 Å². The van der Waals surface area contributed by atoms with Crippen LogP contribution in [-0.2, 0) is 7.05 Å². The van der Waals surface area contributed by atoms with Gasteiger partial charge in [-0.05, 0) is 37.0 Å². The van der Waals surface area contributed by atoms with Crippen LogP contribution < -0.4 is 15.4 Å². The minimum Gasteiger partial charge on any atom is -0.490 e. The van der Waals surface area contributed by atoms with Crippen molar-refractivity contribution in [2.24, 2.45) is 13.0 Å². The van der Waals surface area contributed by atoms with Gasteiger partial charge in [0.05, 0.1) is 12.3 Å². The van der Waals surface area contributed by atoms with Crippen LogP contribution in [0.5, 0.6) is 5.75 Å². The highest BCUT2D eigenvalue weighted by Gasteiger charge is 2.22. The monoisotopic (exact) mass is 303 g/mol. The van der Waals surface area contributed by atoms with E-state index in [4.69, 9.17) is 10.5 Å². The second-order valence-corrected chi connectivity index (χ2v) is 5.87. The maximum Gasteiger partial charge on any atom is 0.165 e. The van der Waals surface area contributed by atoms with Gasteiger partial charge in [0.2, 0.25) is 0 Å². The van der Waals surface area contributed by atoms with Gasteiger partial charge >= 0.3 is 0 Å². The minimum atomic E-state index is -0.294. The number of nitrogens with two attached hydrogens (primary N) is 1. The van der Waals surface area contributed by atoms with Gasteiger partial charge in [-0.25, -0.2) is 4.39 Å². The quantitative estimate of drug-likeness (QED) is 0.944. The van der Waals surface area contributed by atoms with Crippen molar-refractivity contribution in [2.75, 3.05) is 30.3 Å². The summed E-state index contributed by atoms with van der Waals surface area (Å²) >= 11 is 0. The molecule has 0 spiro atoms. The zero-order valence-corrected chi connectivity index (χ0v) is 12.8. The van der Waals surface area contributed by atoms with Gasteiger partial charge in [0.15, 0.2) is 11.6 Å². The summed E-state index contributed by atoms with van der Waals surface area (Å²) in [5.74, 6) is 1.32. The smallest absolute Gasteiger partial charge is 0.165 e. The Morgan fingerprint density at radius 3 is 2.59 bits per heavy atom. The molecule has 0 aliphatic carbocycles. The van der Waals surface area contributed by atoms with E-state index >= 15 is 0 Å². The number of ether oxygens (including phenoxy) is 1. The fourth-order valence-corrected chi connectivity index (χ4v) is 2.91. The number of para-hydroxylation sites is 1. The molecule has 118 valence electrons. The Labute approximate surface area is 130 Å². The van der Waals surface area contributed by atoms with E-state index in [1.54, 1.807) is 18.2 Å². The van der Waals surface area contributed by atoms with Gasteiger partial charge in [-0.15, -0.1) is 0 Å². The lowest BCUT2D eigenvalue weighted by molar-refractivity contribution is 0.215. The molecule has 4 nitrogen and oxygen atoms in total. The van der Waals surface area contributed by atoms with Crippen molar-refractivity contribution in [3.05, 3.63) is 42.3 Å². The van der Waals surface area contributed by atoms with Crippen molar-refractivity contribution < 1.29 is 9.13 Å². The fourth-order valence-electron chi connectivity index (χ4n) is 2.91. The summed E-state index contributed by atoms with van der Waals surface area (Å²) in [6, 6.07) is 8.63. The maximum atomic E-state index is 13.5. The SMILES string of the molecule is Cn1ccc(N2CCC(COc3ccccc3F)CC2)c1N. The number of halogens is 1. The Morgan fingerprint density at radius 2 is 1.95 bits per heavy atom. The molecule has 2 aromatic rings. The Hall–Kier alpha value is -2.17. The van der Waals surface area contributed by atoms with Gasteiger partial charge in [0, 0.05) is 26.3 Å². The van der Waals surface area contributed by atoms with Gasteiger partial charge < -0.3 is 19.9 Å². The molecule has 5 heteroatoms. The molecule has 0 amide bonds. The first kappa shape index (κ1) is 14.8. The first-order valence-electron chi connectivity index (χ1n) is 7.68. The average Bonchev–Trinajstić information content (AvgIpc) is 2.87. The van der Waals surface area contributed by atoms with Gasteiger partial charge in [0.25, 0.3) is 0 Å². The van der Waals surface area contributed by atoms with Crippen LogP contribution in [0, 0.1) is 11.7 Å². The molecule has 0 radical (unpaired) electrons. The number of aromatic nitrogens is 1. The van der Waals surface area contributed by atoms with Crippen molar-refractivity contribution in [3.63, 3.8) is 0 Å².